The molecule has 0 aliphatic rings. The Bertz CT molecular complexity index is 380. The zero-order valence-corrected chi connectivity index (χ0v) is 12.5. The van der Waals surface area contributed by atoms with Crippen molar-refractivity contribution >= 4 is 0 Å². The second kappa shape index (κ2) is 8.15. The fraction of sp³-hybridized carbons (Fsp3) is 0.600. The van der Waals surface area contributed by atoms with Crippen molar-refractivity contribution < 1.29 is 9.47 Å². The Morgan fingerprint density at radius 1 is 1.37 bits per heavy atom. The van der Waals surface area contributed by atoms with Crippen LogP contribution in [0.4, 0.5) is 0 Å². The van der Waals surface area contributed by atoms with Crippen molar-refractivity contribution in [1.82, 2.24) is 4.90 Å². The van der Waals surface area contributed by atoms with Crippen LogP contribution in [0.2, 0.25) is 0 Å². The lowest BCUT2D eigenvalue weighted by atomic mass is 10.0. The van der Waals surface area contributed by atoms with Crippen molar-refractivity contribution in [2.75, 3.05) is 33.9 Å². The Morgan fingerprint density at radius 3 is 2.68 bits per heavy atom. The van der Waals surface area contributed by atoms with Crippen molar-refractivity contribution in [2.24, 2.45) is 5.73 Å². The van der Waals surface area contributed by atoms with Crippen molar-refractivity contribution in [2.45, 2.75) is 26.4 Å². The van der Waals surface area contributed by atoms with Crippen LogP contribution in [-0.2, 0) is 11.3 Å². The summed E-state index contributed by atoms with van der Waals surface area (Å²) < 4.78 is 10.8. The Balaban J connectivity index is 2.71. The highest BCUT2D eigenvalue weighted by molar-refractivity contribution is 5.38. The highest BCUT2D eigenvalue weighted by Crippen LogP contribution is 2.23. The van der Waals surface area contributed by atoms with Gasteiger partial charge in [0.1, 0.15) is 5.75 Å². The molecule has 2 N–H and O–H groups in total. The minimum Gasteiger partial charge on any atom is -0.496 e. The number of hydrogen-bond donors (Lipinski definition) is 1. The van der Waals surface area contributed by atoms with Crippen LogP contribution in [0.1, 0.15) is 31.0 Å². The maximum Gasteiger partial charge on any atom is 0.123 e. The van der Waals surface area contributed by atoms with E-state index in [9.17, 15) is 0 Å². The van der Waals surface area contributed by atoms with E-state index in [1.165, 1.54) is 0 Å². The molecule has 4 nitrogen and oxygen atoms in total. The van der Waals surface area contributed by atoms with E-state index in [1.807, 2.05) is 26.0 Å². The summed E-state index contributed by atoms with van der Waals surface area (Å²) in [5, 5.41) is 0. The standard InChI is InChI=1S/C15H26N2O2/c1-5-19-9-8-17(3)11-14-10-13(12(2)16)6-7-15(14)18-4/h6-7,10,12H,5,8-9,11,16H2,1-4H3. The second-order valence-electron chi connectivity index (χ2n) is 4.79. The number of nitrogens with zero attached hydrogens (tertiary/aromatic N) is 1. The number of rotatable bonds is 8. The van der Waals surface area contributed by atoms with Crippen molar-refractivity contribution in [1.29, 1.82) is 0 Å². The number of hydrogen-bond acceptors (Lipinski definition) is 4. The first-order valence-electron chi connectivity index (χ1n) is 6.77. The van der Waals surface area contributed by atoms with Crippen LogP contribution in [0.5, 0.6) is 5.75 Å². The second-order valence-corrected chi connectivity index (χ2v) is 4.79. The van der Waals surface area contributed by atoms with Crippen LogP contribution in [0.3, 0.4) is 0 Å². The summed E-state index contributed by atoms with van der Waals surface area (Å²) in [7, 11) is 3.78. The molecule has 1 atom stereocenters. The van der Waals surface area contributed by atoms with Gasteiger partial charge in [-0.05, 0) is 38.6 Å². The molecule has 1 aromatic carbocycles. The lowest BCUT2D eigenvalue weighted by molar-refractivity contribution is 0.120. The Labute approximate surface area is 116 Å². The summed E-state index contributed by atoms with van der Waals surface area (Å²) in [6.45, 7) is 7.25. The van der Waals surface area contributed by atoms with Crippen LogP contribution in [0.25, 0.3) is 0 Å². The van der Waals surface area contributed by atoms with Gasteiger partial charge in [-0.1, -0.05) is 6.07 Å². The molecule has 0 radical (unpaired) electrons. The van der Waals surface area contributed by atoms with Crippen LogP contribution in [0, 0.1) is 0 Å². The molecular weight excluding hydrogens is 240 g/mol. The molecule has 19 heavy (non-hydrogen) atoms. The molecule has 108 valence electrons. The molecule has 0 aromatic heterocycles. The molecular formula is C15H26N2O2. The van der Waals surface area contributed by atoms with Gasteiger partial charge < -0.3 is 15.2 Å². The first kappa shape index (κ1) is 16.0. The molecule has 0 spiro atoms. The van der Waals surface area contributed by atoms with Crippen molar-refractivity contribution in [3.63, 3.8) is 0 Å². The SMILES string of the molecule is CCOCCN(C)Cc1cc(C(C)N)ccc1OC. The first-order valence-corrected chi connectivity index (χ1v) is 6.77. The van der Waals surface area contributed by atoms with E-state index >= 15 is 0 Å². The van der Waals surface area contributed by atoms with Crippen LogP contribution in [-0.4, -0.2) is 38.8 Å². The molecule has 1 unspecified atom stereocenters. The summed E-state index contributed by atoms with van der Waals surface area (Å²) in [5.74, 6) is 0.910. The van der Waals surface area contributed by atoms with Gasteiger partial charge in [0.25, 0.3) is 0 Å². The fourth-order valence-corrected chi connectivity index (χ4v) is 1.94. The maximum absolute atomic E-state index is 5.93. The van der Waals surface area contributed by atoms with Gasteiger partial charge in [-0.3, -0.25) is 4.90 Å². The molecule has 1 rings (SSSR count). The predicted octanol–water partition coefficient (Wildman–Crippen LogP) is 2.18. The van der Waals surface area contributed by atoms with Crippen LogP contribution in [0.15, 0.2) is 18.2 Å². The molecule has 0 amide bonds. The third kappa shape index (κ3) is 5.19. The summed E-state index contributed by atoms with van der Waals surface area (Å²) in [4.78, 5) is 2.22. The number of ether oxygens (including phenoxy) is 2. The zero-order valence-electron chi connectivity index (χ0n) is 12.5. The minimum absolute atomic E-state index is 0.0402. The quantitative estimate of drug-likeness (QED) is 0.733. The first-order chi connectivity index (χ1) is 9.08. The zero-order chi connectivity index (χ0) is 14.3. The summed E-state index contributed by atoms with van der Waals surface area (Å²) >= 11 is 0. The molecule has 4 heteroatoms. The van der Waals surface area contributed by atoms with Crippen molar-refractivity contribution in [3.8, 4) is 5.75 Å². The van der Waals surface area contributed by atoms with Gasteiger partial charge >= 0.3 is 0 Å². The number of likely N-dealkylation sites (N-methyl/N-ethyl adjacent to an activating group) is 1. The fourth-order valence-electron chi connectivity index (χ4n) is 1.94. The summed E-state index contributed by atoms with van der Waals surface area (Å²) in [6, 6.07) is 6.18. The van der Waals surface area contributed by atoms with E-state index in [4.69, 9.17) is 15.2 Å². The van der Waals surface area contributed by atoms with Gasteiger partial charge in [-0.2, -0.15) is 0 Å². The lowest BCUT2D eigenvalue weighted by Gasteiger charge is -2.19. The van der Waals surface area contributed by atoms with Gasteiger partial charge in [0.05, 0.1) is 13.7 Å². The molecule has 0 aliphatic heterocycles. The molecule has 0 aliphatic carbocycles. The largest absolute Gasteiger partial charge is 0.496 e. The van der Waals surface area contributed by atoms with E-state index in [2.05, 4.69) is 18.0 Å². The van der Waals surface area contributed by atoms with Gasteiger partial charge in [0.15, 0.2) is 0 Å². The minimum atomic E-state index is 0.0402. The Hall–Kier alpha value is -1.10. The molecule has 1 aromatic rings. The van der Waals surface area contributed by atoms with E-state index < -0.39 is 0 Å². The van der Waals surface area contributed by atoms with Gasteiger partial charge in [0.2, 0.25) is 0 Å². The third-order valence-corrected chi connectivity index (χ3v) is 3.09. The van der Waals surface area contributed by atoms with E-state index in [0.717, 1.165) is 43.2 Å². The summed E-state index contributed by atoms with van der Waals surface area (Å²) in [5.41, 5.74) is 8.23. The van der Waals surface area contributed by atoms with Crippen LogP contribution < -0.4 is 10.5 Å². The van der Waals surface area contributed by atoms with E-state index in [1.54, 1.807) is 7.11 Å². The van der Waals surface area contributed by atoms with E-state index in [0.29, 0.717) is 0 Å². The Kier molecular flexibility index (Phi) is 6.84. The highest BCUT2D eigenvalue weighted by Gasteiger charge is 2.09. The van der Waals surface area contributed by atoms with Crippen LogP contribution >= 0.6 is 0 Å². The maximum atomic E-state index is 5.93. The highest BCUT2D eigenvalue weighted by atomic mass is 16.5. The molecule has 0 bridgehead atoms. The molecule has 0 saturated carbocycles. The van der Waals surface area contributed by atoms with Gasteiger partial charge in [-0.15, -0.1) is 0 Å². The summed E-state index contributed by atoms with van der Waals surface area (Å²) in [6.07, 6.45) is 0. The topological polar surface area (TPSA) is 47.7 Å². The average molecular weight is 266 g/mol. The number of methoxy groups -OCH3 is 1. The molecule has 0 saturated heterocycles. The molecule has 0 fully saturated rings. The predicted molar refractivity (Wildman–Crippen MR) is 78.4 cm³/mol. The third-order valence-electron chi connectivity index (χ3n) is 3.09. The smallest absolute Gasteiger partial charge is 0.123 e. The lowest BCUT2D eigenvalue weighted by Crippen LogP contribution is -2.23. The Morgan fingerprint density at radius 2 is 2.11 bits per heavy atom. The van der Waals surface area contributed by atoms with Gasteiger partial charge in [-0.25, -0.2) is 0 Å². The number of benzene rings is 1. The van der Waals surface area contributed by atoms with Crippen molar-refractivity contribution in [3.05, 3.63) is 29.3 Å². The normalized spacial score (nSPS) is 12.7. The van der Waals surface area contributed by atoms with E-state index in [-0.39, 0.29) is 6.04 Å². The monoisotopic (exact) mass is 266 g/mol. The number of nitrogens with two attached hydrogens (primary N) is 1. The van der Waals surface area contributed by atoms with Gasteiger partial charge in [0, 0.05) is 31.3 Å². The molecule has 0 heterocycles. The average Bonchev–Trinajstić information content (AvgIpc) is 2.38.